The first-order chi connectivity index (χ1) is 9.69. The fourth-order valence-corrected chi connectivity index (χ4v) is 2.27. The number of halogens is 2. The van der Waals surface area contributed by atoms with E-state index >= 15 is 0 Å². The van der Waals surface area contributed by atoms with Crippen molar-refractivity contribution < 1.29 is 4.74 Å². The van der Waals surface area contributed by atoms with Crippen molar-refractivity contribution >= 4 is 23.2 Å². The summed E-state index contributed by atoms with van der Waals surface area (Å²) < 4.78 is 5.85. The first kappa shape index (κ1) is 15.1. The molecule has 0 atom stereocenters. The summed E-state index contributed by atoms with van der Waals surface area (Å²) in [6, 6.07) is 6.97. The van der Waals surface area contributed by atoms with Gasteiger partial charge in [0.15, 0.2) is 0 Å². The highest BCUT2D eigenvalue weighted by molar-refractivity contribution is 6.34. The molecule has 3 nitrogen and oxygen atoms in total. The molecule has 0 fully saturated rings. The number of benzene rings is 1. The van der Waals surface area contributed by atoms with E-state index in [1.165, 1.54) is 0 Å². The van der Waals surface area contributed by atoms with E-state index < -0.39 is 0 Å². The second kappa shape index (κ2) is 7.48. The number of ether oxygens (including phenoxy) is 1. The van der Waals surface area contributed by atoms with Gasteiger partial charge in [-0.25, -0.2) is 0 Å². The average molecular weight is 311 g/mol. The van der Waals surface area contributed by atoms with Gasteiger partial charge >= 0.3 is 0 Å². The van der Waals surface area contributed by atoms with Crippen molar-refractivity contribution in [1.82, 2.24) is 10.3 Å². The maximum Gasteiger partial charge on any atom is 0.134 e. The molecule has 1 heterocycles. The molecule has 2 rings (SSSR count). The fourth-order valence-electron chi connectivity index (χ4n) is 1.76. The minimum atomic E-state index is 0.548. The van der Waals surface area contributed by atoms with Crippen LogP contribution in [-0.4, -0.2) is 11.5 Å². The van der Waals surface area contributed by atoms with Gasteiger partial charge < -0.3 is 10.1 Å². The zero-order valence-electron chi connectivity index (χ0n) is 11.2. The second-order valence-electron chi connectivity index (χ2n) is 4.37. The lowest BCUT2D eigenvalue weighted by atomic mass is 10.2. The van der Waals surface area contributed by atoms with Gasteiger partial charge in [0.05, 0.1) is 0 Å². The van der Waals surface area contributed by atoms with Crippen molar-refractivity contribution in [2.75, 3.05) is 6.54 Å². The number of nitrogens with zero attached hydrogens (tertiary/aromatic N) is 1. The van der Waals surface area contributed by atoms with Crippen LogP contribution in [0.4, 0.5) is 0 Å². The van der Waals surface area contributed by atoms with Gasteiger partial charge in [0, 0.05) is 34.5 Å². The molecule has 1 aromatic carbocycles. The molecule has 0 amide bonds. The molecule has 20 heavy (non-hydrogen) atoms. The van der Waals surface area contributed by atoms with Crippen molar-refractivity contribution in [2.24, 2.45) is 0 Å². The highest BCUT2D eigenvalue weighted by Crippen LogP contribution is 2.29. The van der Waals surface area contributed by atoms with E-state index in [4.69, 9.17) is 27.9 Å². The highest BCUT2D eigenvalue weighted by Gasteiger charge is 2.06. The van der Waals surface area contributed by atoms with E-state index in [0.29, 0.717) is 22.3 Å². The van der Waals surface area contributed by atoms with Crippen molar-refractivity contribution in [3.8, 4) is 11.5 Å². The number of nitrogens with one attached hydrogen (secondary N) is 1. The van der Waals surface area contributed by atoms with Crippen LogP contribution in [0, 0.1) is 0 Å². The van der Waals surface area contributed by atoms with E-state index in [2.05, 4.69) is 17.2 Å². The van der Waals surface area contributed by atoms with Gasteiger partial charge in [-0.1, -0.05) is 30.1 Å². The molecule has 1 aromatic heterocycles. The Bertz CT molecular complexity index is 555. The van der Waals surface area contributed by atoms with Crippen LogP contribution < -0.4 is 10.1 Å². The molecule has 0 radical (unpaired) electrons. The Kier molecular flexibility index (Phi) is 5.65. The number of hydrogen-bond donors (Lipinski definition) is 1. The molecular formula is C15H16Cl2N2O. The molecule has 0 bridgehead atoms. The Balaban J connectivity index is 2.15. The van der Waals surface area contributed by atoms with Crippen molar-refractivity contribution in [3.63, 3.8) is 0 Å². The summed E-state index contributed by atoms with van der Waals surface area (Å²) in [5, 5.41) is 4.42. The quantitative estimate of drug-likeness (QED) is 0.787. The van der Waals surface area contributed by atoms with Crippen LogP contribution in [0.15, 0.2) is 36.7 Å². The van der Waals surface area contributed by atoms with Crippen molar-refractivity contribution in [1.29, 1.82) is 0 Å². The molecule has 5 heteroatoms. The molecule has 0 aliphatic rings. The highest BCUT2D eigenvalue weighted by atomic mass is 35.5. The molecule has 0 aliphatic heterocycles. The minimum Gasteiger partial charge on any atom is -0.457 e. The Hall–Kier alpha value is -1.29. The Morgan fingerprint density at radius 2 is 1.95 bits per heavy atom. The van der Waals surface area contributed by atoms with Gasteiger partial charge in [-0.15, -0.1) is 0 Å². The number of hydrogen-bond acceptors (Lipinski definition) is 3. The third-order valence-corrected chi connectivity index (χ3v) is 3.10. The smallest absolute Gasteiger partial charge is 0.134 e. The van der Waals surface area contributed by atoms with Crippen LogP contribution in [0.3, 0.4) is 0 Å². The molecule has 0 saturated heterocycles. The van der Waals surface area contributed by atoms with Crippen LogP contribution in [0.5, 0.6) is 11.5 Å². The van der Waals surface area contributed by atoms with Crippen molar-refractivity contribution in [3.05, 3.63) is 52.3 Å². The van der Waals surface area contributed by atoms with Crippen LogP contribution in [0.1, 0.15) is 18.9 Å². The molecule has 2 aromatic rings. The van der Waals surface area contributed by atoms with E-state index in [-0.39, 0.29) is 0 Å². The van der Waals surface area contributed by atoms with E-state index in [9.17, 15) is 0 Å². The van der Waals surface area contributed by atoms with Crippen LogP contribution in [0.2, 0.25) is 10.0 Å². The topological polar surface area (TPSA) is 34.2 Å². The third-order valence-electron chi connectivity index (χ3n) is 2.66. The van der Waals surface area contributed by atoms with Crippen LogP contribution in [-0.2, 0) is 6.54 Å². The molecule has 0 spiro atoms. The summed E-state index contributed by atoms with van der Waals surface area (Å²) >= 11 is 11.9. The molecule has 0 aliphatic carbocycles. The molecule has 0 unspecified atom stereocenters. The molecule has 0 saturated carbocycles. The normalized spacial score (nSPS) is 10.6. The Morgan fingerprint density at radius 1 is 1.20 bits per heavy atom. The number of pyridine rings is 1. The second-order valence-corrected chi connectivity index (χ2v) is 5.24. The summed E-state index contributed by atoms with van der Waals surface area (Å²) in [5.74, 6) is 1.37. The summed E-state index contributed by atoms with van der Waals surface area (Å²) in [6.07, 6.45) is 4.58. The zero-order valence-corrected chi connectivity index (χ0v) is 12.7. The van der Waals surface area contributed by atoms with Gasteiger partial charge in [-0.3, -0.25) is 4.98 Å². The lowest BCUT2D eigenvalue weighted by Gasteiger charge is -2.11. The molecular weight excluding hydrogens is 295 g/mol. The average Bonchev–Trinajstić information content (AvgIpc) is 2.40. The van der Waals surface area contributed by atoms with E-state index in [1.54, 1.807) is 30.6 Å². The Morgan fingerprint density at radius 3 is 2.65 bits per heavy atom. The van der Waals surface area contributed by atoms with E-state index in [1.807, 2.05) is 6.07 Å². The lowest BCUT2D eigenvalue weighted by Crippen LogP contribution is -2.14. The monoisotopic (exact) mass is 310 g/mol. The first-order valence-electron chi connectivity index (χ1n) is 6.46. The van der Waals surface area contributed by atoms with Gasteiger partial charge in [-0.2, -0.15) is 0 Å². The van der Waals surface area contributed by atoms with Gasteiger partial charge in [0.1, 0.15) is 11.5 Å². The van der Waals surface area contributed by atoms with Crippen LogP contribution >= 0.6 is 23.2 Å². The van der Waals surface area contributed by atoms with Gasteiger partial charge in [-0.05, 0) is 37.2 Å². The maximum absolute atomic E-state index is 5.97. The summed E-state index contributed by atoms with van der Waals surface area (Å²) in [5.41, 5.74) is 0.997. The third kappa shape index (κ3) is 4.37. The largest absolute Gasteiger partial charge is 0.457 e. The summed E-state index contributed by atoms with van der Waals surface area (Å²) in [7, 11) is 0. The standard InChI is InChI=1S/C15H16Cl2N2O/c1-2-4-18-9-11-10-19-5-3-15(11)20-14-7-12(16)6-13(17)8-14/h3,5-8,10,18H,2,4,9H2,1H3. The van der Waals surface area contributed by atoms with E-state index in [0.717, 1.165) is 24.3 Å². The minimum absolute atomic E-state index is 0.548. The summed E-state index contributed by atoms with van der Waals surface area (Å²) in [6.45, 7) is 3.80. The predicted octanol–water partition coefficient (Wildman–Crippen LogP) is 4.68. The fraction of sp³-hybridized carbons (Fsp3) is 0.267. The zero-order chi connectivity index (χ0) is 14.4. The van der Waals surface area contributed by atoms with Gasteiger partial charge in [0.2, 0.25) is 0 Å². The predicted molar refractivity (Wildman–Crippen MR) is 82.8 cm³/mol. The number of aromatic nitrogens is 1. The lowest BCUT2D eigenvalue weighted by molar-refractivity contribution is 0.471. The molecule has 1 N–H and O–H groups in total. The summed E-state index contributed by atoms with van der Waals surface area (Å²) in [4.78, 5) is 4.13. The van der Waals surface area contributed by atoms with Crippen LogP contribution in [0.25, 0.3) is 0 Å². The maximum atomic E-state index is 5.97. The first-order valence-corrected chi connectivity index (χ1v) is 7.22. The SMILES string of the molecule is CCCNCc1cnccc1Oc1cc(Cl)cc(Cl)c1. The Labute approximate surface area is 128 Å². The van der Waals surface area contributed by atoms with Crippen molar-refractivity contribution in [2.45, 2.75) is 19.9 Å². The van der Waals surface area contributed by atoms with Gasteiger partial charge in [0.25, 0.3) is 0 Å². The number of rotatable bonds is 6. The molecule has 106 valence electrons.